The van der Waals surface area contributed by atoms with Crippen molar-refractivity contribution in [1.29, 1.82) is 0 Å². The number of amides is 1. The second kappa shape index (κ2) is 11.0. The van der Waals surface area contributed by atoms with E-state index in [-0.39, 0.29) is 12.5 Å². The molecule has 1 saturated heterocycles. The summed E-state index contributed by atoms with van der Waals surface area (Å²) in [5, 5.41) is 4.57. The predicted molar refractivity (Wildman–Crippen MR) is 134 cm³/mol. The number of carbonyl (C=O) groups excluding carboxylic acids is 2. The molecule has 1 aliphatic rings. The second-order valence-corrected chi connectivity index (χ2v) is 9.94. The van der Waals surface area contributed by atoms with Gasteiger partial charge in [0.2, 0.25) is 0 Å². The average molecular weight is 499 g/mol. The van der Waals surface area contributed by atoms with Gasteiger partial charge in [0.1, 0.15) is 0 Å². The van der Waals surface area contributed by atoms with Crippen molar-refractivity contribution in [2.24, 2.45) is 0 Å². The summed E-state index contributed by atoms with van der Waals surface area (Å²) in [6.07, 6.45) is 3.04. The molecule has 3 heterocycles. The molecule has 0 spiro atoms. The molecule has 2 aromatic heterocycles. The normalized spacial score (nSPS) is 14.6. The molecule has 1 fully saturated rings. The maximum atomic E-state index is 12.5. The summed E-state index contributed by atoms with van der Waals surface area (Å²) >= 11 is 7.58. The lowest BCUT2D eigenvalue weighted by atomic mass is 10.2. The van der Waals surface area contributed by atoms with E-state index in [2.05, 4.69) is 10.00 Å². The number of halogens is 1. The maximum Gasteiger partial charge on any atom is 0.331 e. The number of hydrogen-bond acceptors (Lipinski definition) is 6. The fourth-order valence-corrected chi connectivity index (χ4v) is 5.08. The first kappa shape index (κ1) is 24.2. The van der Waals surface area contributed by atoms with E-state index >= 15 is 0 Å². The van der Waals surface area contributed by atoms with Crippen LogP contribution in [0.3, 0.4) is 0 Å². The molecule has 0 N–H and O–H groups in total. The lowest BCUT2D eigenvalue weighted by Gasteiger charge is -2.34. The van der Waals surface area contributed by atoms with Gasteiger partial charge in [0, 0.05) is 54.9 Å². The summed E-state index contributed by atoms with van der Waals surface area (Å²) in [6.45, 7) is 7.20. The van der Waals surface area contributed by atoms with Gasteiger partial charge in [-0.25, -0.2) is 9.48 Å². The van der Waals surface area contributed by atoms with E-state index in [1.807, 2.05) is 61.0 Å². The van der Waals surface area contributed by atoms with E-state index in [1.165, 1.54) is 11.0 Å². The third-order valence-corrected chi connectivity index (χ3v) is 7.02. The SMILES string of the molecule is Cc1nn(-c2ccccc2)c(C)c1/C=C/C(=O)OCC(=O)N1CCN(Cc2ccc(Cl)s2)CC1. The molecule has 0 saturated carbocycles. The van der Waals surface area contributed by atoms with Gasteiger partial charge in [-0.3, -0.25) is 9.69 Å². The number of nitrogens with zero attached hydrogens (tertiary/aromatic N) is 4. The lowest BCUT2D eigenvalue weighted by Crippen LogP contribution is -2.49. The van der Waals surface area contributed by atoms with E-state index in [1.54, 1.807) is 22.3 Å². The Balaban J connectivity index is 1.25. The Bertz CT molecular complexity index is 1180. The van der Waals surface area contributed by atoms with Crippen molar-refractivity contribution in [3.63, 3.8) is 0 Å². The number of aromatic nitrogens is 2. The average Bonchev–Trinajstić information content (AvgIpc) is 3.38. The summed E-state index contributed by atoms with van der Waals surface area (Å²) in [6, 6.07) is 13.8. The third-order valence-electron chi connectivity index (χ3n) is 5.81. The van der Waals surface area contributed by atoms with Crippen LogP contribution in [0.2, 0.25) is 4.34 Å². The highest BCUT2D eigenvalue weighted by Crippen LogP contribution is 2.23. The Morgan fingerprint density at radius 3 is 2.50 bits per heavy atom. The van der Waals surface area contributed by atoms with Crippen LogP contribution in [0.5, 0.6) is 0 Å². The van der Waals surface area contributed by atoms with Crippen LogP contribution in [0.1, 0.15) is 21.8 Å². The highest BCUT2D eigenvalue weighted by Gasteiger charge is 2.22. The number of aryl methyl sites for hydroxylation is 1. The Morgan fingerprint density at radius 2 is 1.82 bits per heavy atom. The van der Waals surface area contributed by atoms with Crippen molar-refractivity contribution in [2.75, 3.05) is 32.8 Å². The molecule has 1 aromatic carbocycles. The first-order valence-corrected chi connectivity index (χ1v) is 12.3. The van der Waals surface area contributed by atoms with Crippen LogP contribution < -0.4 is 0 Å². The van der Waals surface area contributed by atoms with Crippen molar-refractivity contribution in [1.82, 2.24) is 19.6 Å². The molecule has 0 unspecified atom stereocenters. The van der Waals surface area contributed by atoms with Crippen LogP contribution in [0, 0.1) is 13.8 Å². The molecule has 0 radical (unpaired) electrons. The number of benzene rings is 1. The van der Waals surface area contributed by atoms with E-state index in [0.717, 1.165) is 46.6 Å². The summed E-state index contributed by atoms with van der Waals surface area (Å²) in [4.78, 5) is 30.0. The molecule has 0 bridgehead atoms. The van der Waals surface area contributed by atoms with Gasteiger partial charge in [-0.2, -0.15) is 5.10 Å². The molecular formula is C25H27ClN4O3S. The highest BCUT2D eigenvalue weighted by atomic mass is 35.5. The second-order valence-electron chi connectivity index (χ2n) is 8.14. The first-order valence-electron chi connectivity index (χ1n) is 11.1. The molecule has 0 atom stereocenters. The van der Waals surface area contributed by atoms with E-state index in [0.29, 0.717) is 13.1 Å². The lowest BCUT2D eigenvalue weighted by molar-refractivity contribution is -0.149. The molecule has 1 amide bonds. The number of carbonyl (C=O) groups is 2. The number of ether oxygens (including phenoxy) is 1. The Morgan fingerprint density at radius 1 is 1.09 bits per heavy atom. The van der Waals surface area contributed by atoms with Crippen LogP contribution in [-0.2, 0) is 20.9 Å². The van der Waals surface area contributed by atoms with Crippen LogP contribution in [0.15, 0.2) is 48.5 Å². The number of rotatable bonds is 7. The van der Waals surface area contributed by atoms with Crippen LogP contribution >= 0.6 is 22.9 Å². The van der Waals surface area contributed by atoms with Gasteiger partial charge in [0.25, 0.3) is 5.91 Å². The third kappa shape index (κ3) is 5.94. The van der Waals surface area contributed by atoms with Gasteiger partial charge >= 0.3 is 5.97 Å². The topological polar surface area (TPSA) is 67.7 Å². The van der Waals surface area contributed by atoms with Gasteiger partial charge in [-0.1, -0.05) is 29.8 Å². The fraction of sp³-hybridized carbons (Fsp3) is 0.320. The summed E-state index contributed by atoms with van der Waals surface area (Å²) in [5.74, 6) is -0.724. The van der Waals surface area contributed by atoms with Gasteiger partial charge < -0.3 is 9.64 Å². The molecule has 9 heteroatoms. The number of hydrogen-bond donors (Lipinski definition) is 0. The molecule has 34 heavy (non-hydrogen) atoms. The molecule has 0 aliphatic carbocycles. The highest BCUT2D eigenvalue weighted by molar-refractivity contribution is 7.16. The zero-order chi connectivity index (χ0) is 24.1. The smallest absolute Gasteiger partial charge is 0.331 e. The quantitative estimate of drug-likeness (QED) is 0.362. The molecule has 4 rings (SSSR count). The Labute approximate surface area is 208 Å². The molecule has 7 nitrogen and oxygen atoms in total. The minimum atomic E-state index is -0.548. The zero-order valence-corrected chi connectivity index (χ0v) is 20.8. The largest absolute Gasteiger partial charge is 0.452 e. The molecule has 1 aliphatic heterocycles. The minimum absolute atomic E-state index is 0.176. The number of esters is 1. The van der Waals surface area contributed by atoms with Crippen LogP contribution in [-0.4, -0.2) is 64.2 Å². The predicted octanol–water partition coefficient (Wildman–Crippen LogP) is 4.10. The summed E-state index contributed by atoms with van der Waals surface area (Å²) in [5.41, 5.74) is 3.54. The molecule has 3 aromatic rings. The first-order chi connectivity index (χ1) is 16.4. The monoisotopic (exact) mass is 498 g/mol. The number of para-hydroxylation sites is 1. The van der Waals surface area contributed by atoms with Gasteiger partial charge in [0.05, 0.1) is 15.7 Å². The number of thiophene rings is 1. The zero-order valence-electron chi connectivity index (χ0n) is 19.2. The van der Waals surface area contributed by atoms with Gasteiger partial charge in [-0.15, -0.1) is 11.3 Å². The van der Waals surface area contributed by atoms with Crippen molar-refractivity contribution in [2.45, 2.75) is 20.4 Å². The van der Waals surface area contributed by atoms with E-state index in [4.69, 9.17) is 16.3 Å². The number of piperazine rings is 1. The summed E-state index contributed by atoms with van der Waals surface area (Å²) in [7, 11) is 0. The fourth-order valence-electron chi connectivity index (χ4n) is 3.95. The molecule has 178 valence electrons. The summed E-state index contributed by atoms with van der Waals surface area (Å²) < 4.78 is 7.84. The van der Waals surface area contributed by atoms with Crippen LogP contribution in [0.25, 0.3) is 11.8 Å². The standard InChI is InChI=1S/C25H27ClN4O3S/c1-18-22(19(2)30(27-18)20-6-4-3-5-7-20)9-11-25(32)33-17-24(31)29-14-12-28(13-15-29)16-21-8-10-23(26)34-21/h3-11H,12-17H2,1-2H3/b11-9+. The van der Waals surface area contributed by atoms with E-state index in [9.17, 15) is 9.59 Å². The van der Waals surface area contributed by atoms with Crippen molar-refractivity contribution in [3.05, 3.63) is 74.7 Å². The van der Waals surface area contributed by atoms with Crippen molar-refractivity contribution < 1.29 is 14.3 Å². The van der Waals surface area contributed by atoms with Crippen molar-refractivity contribution >= 4 is 40.9 Å². The maximum absolute atomic E-state index is 12.5. The van der Waals surface area contributed by atoms with E-state index < -0.39 is 5.97 Å². The Hall–Kier alpha value is -2.94. The molecular weight excluding hydrogens is 472 g/mol. The Kier molecular flexibility index (Phi) is 7.82. The van der Waals surface area contributed by atoms with Crippen molar-refractivity contribution in [3.8, 4) is 5.69 Å². The van der Waals surface area contributed by atoms with Crippen LogP contribution in [0.4, 0.5) is 0 Å². The van der Waals surface area contributed by atoms with Gasteiger partial charge in [0.15, 0.2) is 6.61 Å². The van der Waals surface area contributed by atoms with Gasteiger partial charge in [-0.05, 0) is 44.2 Å². The minimum Gasteiger partial charge on any atom is -0.452 e.